The van der Waals surface area contributed by atoms with E-state index in [4.69, 9.17) is 14.9 Å². The van der Waals surface area contributed by atoms with Gasteiger partial charge in [-0.2, -0.15) is 0 Å². The standard InChI is InChI=1S/C16H34O3/c1-16(18)12-15-19-14-11-9-7-5-3-2-4-6-8-10-13-17/h16-18H,2-15H2,1H3. The van der Waals surface area contributed by atoms with Crippen LogP contribution in [0, 0.1) is 0 Å². The highest BCUT2D eigenvalue weighted by atomic mass is 16.5. The highest BCUT2D eigenvalue weighted by molar-refractivity contribution is 4.48. The Morgan fingerprint density at radius 1 is 0.737 bits per heavy atom. The summed E-state index contributed by atoms with van der Waals surface area (Å²) in [5.41, 5.74) is 0. The van der Waals surface area contributed by atoms with E-state index >= 15 is 0 Å². The predicted molar refractivity (Wildman–Crippen MR) is 80.4 cm³/mol. The first-order chi connectivity index (χ1) is 9.27. The van der Waals surface area contributed by atoms with Crippen LogP contribution in [0.1, 0.15) is 77.6 Å². The summed E-state index contributed by atoms with van der Waals surface area (Å²) in [6, 6.07) is 0. The molecule has 19 heavy (non-hydrogen) atoms. The Hall–Kier alpha value is -0.120. The van der Waals surface area contributed by atoms with Crippen LogP contribution in [-0.4, -0.2) is 36.1 Å². The Morgan fingerprint density at radius 2 is 1.21 bits per heavy atom. The number of aliphatic hydroxyl groups excluding tert-OH is 2. The maximum atomic E-state index is 9.05. The smallest absolute Gasteiger partial charge is 0.0534 e. The van der Waals surface area contributed by atoms with Gasteiger partial charge in [0.1, 0.15) is 0 Å². The van der Waals surface area contributed by atoms with Gasteiger partial charge in [-0.25, -0.2) is 0 Å². The van der Waals surface area contributed by atoms with Gasteiger partial charge in [-0.3, -0.25) is 0 Å². The van der Waals surface area contributed by atoms with Gasteiger partial charge in [-0.1, -0.05) is 51.4 Å². The molecule has 0 heterocycles. The first kappa shape index (κ1) is 18.9. The molecule has 1 unspecified atom stereocenters. The van der Waals surface area contributed by atoms with Crippen LogP contribution < -0.4 is 0 Å². The van der Waals surface area contributed by atoms with Crippen molar-refractivity contribution in [1.29, 1.82) is 0 Å². The van der Waals surface area contributed by atoms with Gasteiger partial charge in [0.25, 0.3) is 0 Å². The van der Waals surface area contributed by atoms with E-state index in [1.807, 2.05) is 0 Å². The summed E-state index contributed by atoms with van der Waals surface area (Å²) in [5.74, 6) is 0. The molecule has 116 valence electrons. The van der Waals surface area contributed by atoms with E-state index in [2.05, 4.69) is 0 Å². The van der Waals surface area contributed by atoms with Crippen molar-refractivity contribution in [1.82, 2.24) is 0 Å². The third-order valence-electron chi connectivity index (χ3n) is 3.38. The molecule has 0 aromatic rings. The van der Waals surface area contributed by atoms with Gasteiger partial charge < -0.3 is 14.9 Å². The number of aliphatic hydroxyl groups is 2. The second-order valence-electron chi connectivity index (χ2n) is 5.51. The molecule has 0 spiro atoms. The summed E-state index contributed by atoms with van der Waals surface area (Å²) in [7, 11) is 0. The number of rotatable bonds is 15. The summed E-state index contributed by atoms with van der Waals surface area (Å²) in [5, 5.41) is 17.7. The predicted octanol–water partition coefficient (Wildman–Crippen LogP) is 3.67. The van der Waals surface area contributed by atoms with Crippen LogP contribution in [0.2, 0.25) is 0 Å². The molecule has 1 atom stereocenters. The van der Waals surface area contributed by atoms with Crippen molar-refractivity contribution in [2.45, 2.75) is 83.7 Å². The van der Waals surface area contributed by atoms with Gasteiger partial charge in [-0.05, 0) is 26.2 Å². The van der Waals surface area contributed by atoms with E-state index in [9.17, 15) is 0 Å². The molecule has 3 nitrogen and oxygen atoms in total. The fraction of sp³-hybridized carbons (Fsp3) is 1.00. The van der Waals surface area contributed by atoms with E-state index < -0.39 is 0 Å². The molecule has 0 fully saturated rings. The number of unbranched alkanes of at least 4 members (excludes halogenated alkanes) is 9. The monoisotopic (exact) mass is 274 g/mol. The highest BCUT2D eigenvalue weighted by Gasteiger charge is 1.96. The molecule has 0 radical (unpaired) electrons. The van der Waals surface area contributed by atoms with Gasteiger partial charge in [0.2, 0.25) is 0 Å². The van der Waals surface area contributed by atoms with Gasteiger partial charge >= 0.3 is 0 Å². The molecule has 0 saturated heterocycles. The summed E-state index contributed by atoms with van der Waals surface area (Å²) < 4.78 is 5.45. The molecule has 0 amide bonds. The summed E-state index contributed by atoms with van der Waals surface area (Å²) >= 11 is 0. The zero-order chi connectivity index (χ0) is 14.2. The fourth-order valence-electron chi connectivity index (χ4n) is 2.09. The molecule has 0 aliphatic rings. The lowest BCUT2D eigenvalue weighted by Gasteiger charge is -2.06. The zero-order valence-corrected chi connectivity index (χ0v) is 12.8. The zero-order valence-electron chi connectivity index (χ0n) is 12.8. The fourth-order valence-corrected chi connectivity index (χ4v) is 2.09. The Kier molecular flexibility index (Phi) is 15.8. The third kappa shape index (κ3) is 17.9. The van der Waals surface area contributed by atoms with Crippen LogP contribution in [-0.2, 0) is 4.74 Å². The molecule has 0 aromatic heterocycles. The molecule has 0 aliphatic heterocycles. The maximum absolute atomic E-state index is 9.05. The third-order valence-corrected chi connectivity index (χ3v) is 3.38. The van der Waals surface area contributed by atoms with Crippen molar-refractivity contribution in [2.75, 3.05) is 19.8 Å². The summed E-state index contributed by atoms with van der Waals surface area (Å²) in [6.45, 7) is 3.67. The first-order valence-electron chi connectivity index (χ1n) is 8.14. The van der Waals surface area contributed by atoms with E-state index in [0.29, 0.717) is 13.2 Å². The van der Waals surface area contributed by atoms with Crippen molar-refractivity contribution in [3.63, 3.8) is 0 Å². The molecule has 0 bridgehead atoms. The van der Waals surface area contributed by atoms with Gasteiger partial charge in [-0.15, -0.1) is 0 Å². The molecular formula is C16H34O3. The second-order valence-corrected chi connectivity index (χ2v) is 5.51. The summed E-state index contributed by atoms with van der Waals surface area (Å²) in [4.78, 5) is 0. The van der Waals surface area contributed by atoms with Crippen LogP contribution >= 0.6 is 0 Å². The average molecular weight is 274 g/mol. The van der Waals surface area contributed by atoms with E-state index in [1.54, 1.807) is 6.92 Å². The lowest BCUT2D eigenvalue weighted by Crippen LogP contribution is -2.06. The quantitative estimate of drug-likeness (QED) is 0.448. The summed E-state index contributed by atoms with van der Waals surface area (Å²) in [6.07, 6.45) is 13.0. The van der Waals surface area contributed by atoms with Crippen LogP contribution in [0.25, 0.3) is 0 Å². The Labute approximate surface area is 119 Å². The molecule has 0 aliphatic carbocycles. The van der Waals surface area contributed by atoms with Crippen LogP contribution in [0.4, 0.5) is 0 Å². The van der Waals surface area contributed by atoms with Gasteiger partial charge in [0.05, 0.1) is 6.10 Å². The maximum Gasteiger partial charge on any atom is 0.0534 e. The lowest BCUT2D eigenvalue weighted by molar-refractivity contribution is 0.0870. The molecular weight excluding hydrogens is 240 g/mol. The Morgan fingerprint density at radius 3 is 1.68 bits per heavy atom. The van der Waals surface area contributed by atoms with E-state index in [0.717, 1.165) is 25.9 Å². The van der Waals surface area contributed by atoms with Crippen molar-refractivity contribution < 1.29 is 14.9 Å². The number of hydrogen-bond donors (Lipinski definition) is 2. The normalized spacial score (nSPS) is 12.8. The van der Waals surface area contributed by atoms with Gasteiger partial charge in [0.15, 0.2) is 0 Å². The minimum absolute atomic E-state index is 0.239. The van der Waals surface area contributed by atoms with Crippen LogP contribution in [0.5, 0.6) is 0 Å². The van der Waals surface area contributed by atoms with Crippen molar-refractivity contribution in [3.05, 3.63) is 0 Å². The minimum atomic E-state index is -0.239. The Bertz CT molecular complexity index is 160. The van der Waals surface area contributed by atoms with E-state index in [-0.39, 0.29) is 6.10 Å². The SMILES string of the molecule is CC(O)CCOCCCCCCCCCCCCO. The number of ether oxygens (including phenoxy) is 1. The molecule has 0 aromatic carbocycles. The van der Waals surface area contributed by atoms with Crippen molar-refractivity contribution in [2.24, 2.45) is 0 Å². The molecule has 0 saturated carbocycles. The topological polar surface area (TPSA) is 49.7 Å². The molecule has 3 heteroatoms. The second kappa shape index (κ2) is 15.9. The molecule has 2 N–H and O–H groups in total. The lowest BCUT2D eigenvalue weighted by atomic mass is 10.1. The van der Waals surface area contributed by atoms with Crippen molar-refractivity contribution in [3.8, 4) is 0 Å². The Balaban J connectivity index is 2.91. The average Bonchev–Trinajstić information content (AvgIpc) is 2.39. The van der Waals surface area contributed by atoms with E-state index in [1.165, 1.54) is 51.4 Å². The van der Waals surface area contributed by atoms with Gasteiger partial charge in [0, 0.05) is 19.8 Å². The highest BCUT2D eigenvalue weighted by Crippen LogP contribution is 2.10. The van der Waals surface area contributed by atoms with Crippen molar-refractivity contribution >= 4 is 0 Å². The van der Waals surface area contributed by atoms with Crippen LogP contribution in [0.3, 0.4) is 0 Å². The molecule has 0 rings (SSSR count). The van der Waals surface area contributed by atoms with Crippen LogP contribution in [0.15, 0.2) is 0 Å². The minimum Gasteiger partial charge on any atom is -0.396 e. The first-order valence-corrected chi connectivity index (χ1v) is 8.14. The largest absolute Gasteiger partial charge is 0.396 e. The number of hydrogen-bond acceptors (Lipinski definition) is 3.